The van der Waals surface area contributed by atoms with E-state index in [1.165, 1.54) is 69.5 Å². The van der Waals surface area contributed by atoms with Gasteiger partial charge in [-0.05, 0) is 150 Å². The van der Waals surface area contributed by atoms with Crippen LogP contribution in [0.3, 0.4) is 0 Å². The van der Waals surface area contributed by atoms with Crippen molar-refractivity contribution >= 4 is 56.4 Å². The minimum absolute atomic E-state index is 0.0709. The molecule has 0 N–H and O–H groups in total. The number of methoxy groups -OCH3 is 1. The molecule has 0 radical (unpaired) electrons. The molecule has 0 amide bonds. The van der Waals surface area contributed by atoms with Crippen molar-refractivity contribution in [2.75, 3.05) is 130 Å². The fourth-order valence-electron chi connectivity index (χ4n) is 17.2. The van der Waals surface area contributed by atoms with Crippen LogP contribution in [0.4, 0.5) is 52.2 Å². The topological polar surface area (TPSA) is 288 Å². The van der Waals surface area contributed by atoms with E-state index in [-0.39, 0.29) is 74.5 Å². The monoisotopic (exact) mass is 2000 g/mol. The first-order valence-electron chi connectivity index (χ1n) is 46.6. The summed E-state index contributed by atoms with van der Waals surface area (Å²) in [5.74, 6) is -8.40. The highest BCUT2D eigenvalue weighted by molar-refractivity contribution is 7.91. The second kappa shape index (κ2) is 45.1. The molecule has 1 aliphatic carbocycles. The van der Waals surface area contributed by atoms with Crippen molar-refractivity contribution in [2.45, 2.75) is 137 Å². The minimum Gasteiger partial charge on any atom is -0.497 e. The maximum Gasteiger partial charge on any atom is 0.156 e. The maximum absolute atomic E-state index is 15.3. The van der Waals surface area contributed by atoms with Crippen LogP contribution in [0.5, 0.6) is 5.75 Å². The Morgan fingerprint density at radius 1 is 0.353 bits per heavy atom. The highest BCUT2D eigenvalue weighted by Gasteiger charge is 2.33. The first-order chi connectivity index (χ1) is 65.8. The summed E-state index contributed by atoms with van der Waals surface area (Å²) in [5.41, 5.74) is 5.96. The molecular weight excluding hydrogens is 1880 g/mol. The summed E-state index contributed by atoms with van der Waals surface area (Å²) in [6.45, 7) is 38.0. The number of rotatable bonds is 31. The van der Waals surface area contributed by atoms with E-state index in [0.29, 0.717) is 40.1 Å². The number of sulfone groups is 4. The lowest BCUT2D eigenvalue weighted by Gasteiger charge is -2.43. The lowest BCUT2D eigenvalue weighted by Crippen LogP contribution is -2.53. The molecule has 0 atom stereocenters. The number of ether oxygens (including phenoxy) is 1. The van der Waals surface area contributed by atoms with Gasteiger partial charge in [0.2, 0.25) is 0 Å². The van der Waals surface area contributed by atoms with Gasteiger partial charge in [0.25, 0.3) is 0 Å². The molecule has 139 heavy (non-hydrogen) atoms. The first kappa shape index (κ1) is 105. The van der Waals surface area contributed by atoms with Gasteiger partial charge in [-0.15, -0.1) is 20.4 Å². The highest BCUT2D eigenvalue weighted by atomic mass is 32.2. The van der Waals surface area contributed by atoms with Crippen molar-refractivity contribution in [3.63, 3.8) is 0 Å². The molecule has 12 aromatic rings. The van der Waals surface area contributed by atoms with Gasteiger partial charge < -0.3 is 19.4 Å². The summed E-state index contributed by atoms with van der Waals surface area (Å²) in [4.78, 5) is 14.4. The largest absolute Gasteiger partial charge is 0.497 e. The zero-order valence-electron chi connectivity index (χ0n) is 80.8. The minimum atomic E-state index is -3.55. The molecule has 8 aromatic carbocycles. The molecule has 0 unspecified atom stereocenters. The summed E-state index contributed by atoms with van der Waals surface area (Å²) in [6.07, 6.45) is 8.49. The lowest BCUT2D eigenvalue weighted by molar-refractivity contribution is 0.128. The summed E-state index contributed by atoms with van der Waals surface area (Å²) in [7, 11) is -12.6. The van der Waals surface area contributed by atoms with Crippen molar-refractivity contribution in [1.29, 1.82) is 0 Å². The predicted octanol–water partition coefficient (Wildman–Crippen LogP) is 17.1. The molecule has 16 rings (SSSR count). The van der Waals surface area contributed by atoms with Crippen LogP contribution < -0.4 is 19.4 Å². The van der Waals surface area contributed by atoms with Crippen molar-refractivity contribution in [3.8, 4) is 73.5 Å². The normalized spacial score (nSPS) is 15.1. The molecule has 1 saturated carbocycles. The third kappa shape index (κ3) is 27.9. The summed E-state index contributed by atoms with van der Waals surface area (Å²) in [6, 6.07) is 40.1. The molecular formula is C100H122F8N18O9S4. The third-order valence-electron chi connectivity index (χ3n) is 24.1. The van der Waals surface area contributed by atoms with Crippen LogP contribution >= 0.6 is 0 Å². The Morgan fingerprint density at radius 3 is 0.892 bits per heavy atom. The van der Waals surface area contributed by atoms with Gasteiger partial charge in [0.1, 0.15) is 51.3 Å². The zero-order valence-corrected chi connectivity index (χ0v) is 84.0. The van der Waals surface area contributed by atoms with E-state index in [1.807, 2.05) is 66.7 Å². The van der Waals surface area contributed by atoms with Crippen LogP contribution in [0.25, 0.3) is 67.8 Å². The summed E-state index contributed by atoms with van der Waals surface area (Å²) >= 11 is 0. The van der Waals surface area contributed by atoms with Crippen LogP contribution in [-0.2, 0) is 62.4 Å². The Balaban J connectivity index is 0.000000157. The fourth-order valence-corrected chi connectivity index (χ4v) is 24.5. The maximum atomic E-state index is 15.3. The van der Waals surface area contributed by atoms with Crippen molar-refractivity contribution in [3.05, 3.63) is 239 Å². The lowest BCUT2D eigenvalue weighted by atomic mass is 10.0. The number of hydrogen-bond donors (Lipinski definition) is 0. The molecule has 27 nitrogen and oxygen atoms in total. The van der Waals surface area contributed by atoms with Crippen LogP contribution in [-0.4, -0.2) is 235 Å². The standard InChI is InChI=1S/C27H33F2N5O2S.C27H35F2N5O2S.C26H33F2N5O2S.C20H21F2N3O3S/c1-19(2)17-37(35,36)18-22-8-9-24(28)27(26(22)29)34-16-25(30-31-34)21-4-3-5-23(14-21)33-12-10-32(11-13-33)15-20-6-7-20;1-19(2)17-37(35,36)18-21-9-10-23(28)26(25(21)29)34-16-24(30-31-34)20-7-6-8-22(15-20)32-11-13-33(14-12-32)27(3,4)5;1-18(2)16-36(34,35)17-21-8-9-23(27)26(25(21)28)33-15-24(29-30-33)20-6-5-7-22(14-20)32-12-10-31(11-13-32)19(3)4;1-13(2)11-29(26,27)12-15-7-8-17(21)20(19(15)22)25-10-18(23-24-25)14-5-4-6-16(9-14)28-3/h3-5,8-9,14,16,19-20H,6-7,10-13,15,17-18H2,1-2H3;6-10,15-16,19H,11-14,17-18H2,1-5H3;5-9,14-15,18-19H,10-13,16-17H2,1-4H3;4-10,13H,11-12H2,1-3H3. The van der Waals surface area contributed by atoms with Crippen LogP contribution in [0.1, 0.15) is 125 Å². The Hall–Kier alpha value is -11.4. The number of piperazine rings is 3. The van der Waals surface area contributed by atoms with Gasteiger partial charge in [-0.2, -0.15) is 0 Å². The van der Waals surface area contributed by atoms with Crippen LogP contribution in [0.2, 0.25) is 0 Å². The zero-order chi connectivity index (χ0) is 100. The van der Waals surface area contributed by atoms with E-state index >= 15 is 17.6 Å². The van der Waals surface area contributed by atoms with E-state index in [2.05, 4.69) is 111 Å². The molecule has 746 valence electrons. The molecule has 3 aliphatic heterocycles. The number of aromatic nitrogens is 12. The molecule has 3 saturated heterocycles. The molecule has 39 heteroatoms. The van der Waals surface area contributed by atoms with Crippen molar-refractivity contribution < 1.29 is 73.5 Å². The summed E-state index contributed by atoms with van der Waals surface area (Å²) < 4.78 is 228. The number of nitrogens with zero attached hydrogens (tertiary/aromatic N) is 18. The SMILES string of the molecule is CC(C)CS(=O)(=O)Cc1ccc(F)c(-n2cc(-c3cccc(N4CCN(C(C)(C)C)CC4)c3)nn2)c1F.CC(C)CS(=O)(=O)Cc1ccc(F)c(-n2cc(-c3cccc(N4CCN(C(C)C)CC4)c3)nn2)c1F.CC(C)CS(=O)(=O)Cc1ccc(F)c(-n2cc(-c3cccc(N4CCN(CC5CC5)CC4)c3)nn2)c1F.COc1cccc(-c2cn(-c3c(F)ccc(CS(=O)(=O)CC(C)C)c3F)nn2)c1. The summed E-state index contributed by atoms with van der Waals surface area (Å²) in [5, 5.41) is 32.2. The molecule has 4 fully saturated rings. The van der Waals surface area contributed by atoms with Gasteiger partial charge in [0.05, 0.1) is 77.9 Å². The van der Waals surface area contributed by atoms with E-state index in [4.69, 9.17) is 4.74 Å². The van der Waals surface area contributed by atoms with E-state index in [1.54, 1.807) is 79.7 Å². The quantitative estimate of drug-likeness (QED) is 0.0365. The smallest absolute Gasteiger partial charge is 0.156 e. The predicted molar refractivity (Wildman–Crippen MR) is 527 cm³/mol. The van der Waals surface area contributed by atoms with Gasteiger partial charge in [-0.3, -0.25) is 14.7 Å². The van der Waals surface area contributed by atoms with Gasteiger partial charge in [-0.25, -0.2) is 87.5 Å². The van der Waals surface area contributed by atoms with Crippen molar-refractivity contribution in [2.24, 2.45) is 29.6 Å². The second-order valence-corrected chi connectivity index (χ2v) is 47.3. The molecule has 7 heterocycles. The van der Waals surface area contributed by atoms with Gasteiger partial charge in [0.15, 0.2) is 85.9 Å². The van der Waals surface area contributed by atoms with Gasteiger partial charge >= 0.3 is 0 Å². The molecule has 4 aliphatic rings. The number of anilines is 3. The van der Waals surface area contributed by atoms with Crippen LogP contribution in [0.15, 0.2) is 170 Å². The molecule has 0 spiro atoms. The first-order valence-corrected chi connectivity index (χ1v) is 53.9. The van der Waals surface area contributed by atoms with Crippen LogP contribution in [0, 0.1) is 76.1 Å². The Bertz CT molecular complexity index is 6760. The second-order valence-electron chi connectivity index (χ2n) is 38.8. The fraction of sp³-hybridized carbons (Fsp3) is 0.440. The van der Waals surface area contributed by atoms with E-state index < -0.39 is 132 Å². The average molecular weight is 2000 g/mol. The molecule has 4 aromatic heterocycles. The van der Waals surface area contributed by atoms with Crippen molar-refractivity contribution in [1.82, 2.24) is 74.7 Å². The van der Waals surface area contributed by atoms with Gasteiger partial charge in [0, 0.05) is 158 Å². The third-order valence-corrected chi connectivity index (χ3v) is 31.8. The number of hydrogen-bond acceptors (Lipinski definition) is 23. The van der Waals surface area contributed by atoms with E-state index in [0.717, 1.165) is 167 Å². The molecule has 0 bridgehead atoms. The number of halogens is 8. The Labute approximate surface area is 809 Å². The highest BCUT2D eigenvalue weighted by Crippen LogP contribution is 2.36. The Kier molecular flexibility index (Phi) is 34.0. The van der Waals surface area contributed by atoms with Gasteiger partial charge in [-0.1, -0.05) is 149 Å². The number of benzene rings is 8. The Morgan fingerprint density at radius 2 is 0.626 bits per heavy atom. The van der Waals surface area contributed by atoms with E-state index in [9.17, 15) is 51.2 Å². The average Bonchev–Trinajstić information content (AvgIpc) is 1.77.